The molecular formula is C15H10Cl5IN2O. The average Bonchev–Trinajstić information content (AvgIpc) is 2.48. The molecule has 0 aliphatic heterocycles. The highest BCUT2D eigenvalue weighted by Crippen LogP contribution is 2.33. The molecule has 2 rings (SSSR count). The lowest BCUT2D eigenvalue weighted by molar-refractivity contribution is 0.0942. The van der Waals surface area contributed by atoms with Crippen molar-refractivity contribution in [3.63, 3.8) is 0 Å². The molecule has 0 saturated carbocycles. The lowest BCUT2D eigenvalue weighted by atomic mass is 10.2. The summed E-state index contributed by atoms with van der Waals surface area (Å²) in [5.41, 5.74) is 0.916. The Morgan fingerprint density at radius 1 is 1.04 bits per heavy atom. The first-order valence-corrected chi connectivity index (χ1v) is 9.48. The zero-order chi connectivity index (χ0) is 17.9. The van der Waals surface area contributed by atoms with Crippen molar-refractivity contribution in [1.29, 1.82) is 0 Å². The Balaban J connectivity index is 2.19. The molecule has 0 unspecified atom stereocenters. The first-order chi connectivity index (χ1) is 11.2. The zero-order valence-corrected chi connectivity index (χ0v) is 17.7. The molecule has 128 valence electrons. The van der Waals surface area contributed by atoms with Crippen molar-refractivity contribution in [1.82, 2.24) is 5.32 Å². The van der Waals surface area contributed by atoms with Gasteiger partial charge in [0.1, 0.15) is 6.17 Å². The van der Waals surface area contributed by atoms with E-state index in [2.05, 4.69) is 33.2 Å². The van der Waals surface area contributed by atoms with E-state index < -0.39 is 9.96 Å². The van der Waals surface area contributed by atoms with E-state index in [1.807, 2.05) is 12.1 Å². The Labute approximate surface area is 178 Å². The van der Waals surface area contributed by atoms with E-state index in [1.165, 1.54) is 0 Å². The van der Waals surface area contributed by atoms with Gasteiger partial charge in [-0.1, -0.05) is 58.0 Å². The number of amides is 1. The number of halogens is 6. The van der Waals surface area contributed by atoms with Crippen LogP contribution in [0.2, 0.25) is 10.0 Å². The van der Waals surface area contributed by atoms with Crippen LogP contribution in [0.3, 0.4) is 0 Å². The normalized spacial score (nSPS) is 12.6. The number of alkyl halides is 3. The van der Waals surface area contributed by atoms with E-state index in [0.29, 0.717) is 21.3 Å². The summed E-state index contributed by atoms with van der Waals surface area (Å²) < 4.78 is -0.796. The highest BCUT2D eigenvalue weighted by molar-refractivity contribution is 14.1. The second kappa shape index (κ2) is 8.52. The number of benzene rings is 2. The summed E-state index contributed by atoms with van der Waals surface area (Å²) >= 11 is 32.0. The molecule has 2 aromatic carbocycles. The summed E-state index contributed by atoms with van der Waals surface area (Å²) in [7, 11) is 0. The van der Waals surface area contributed by atoms with Gasteiger partial charge in [0.05, 0.1) is 10.7 Å². The Morgan fingerprint density at radius 3 is 2.21 bits per heavy atom. The first-order valence-electron chi connectivity index (χ1n) is 6.51. The molecule has 0 aliphatic rings. The topological polar surface area (TPSA) is 41.1 Å². The van der Waals surface area contributed by atoms with E-state index in [0.717, 1.165) is 3.57 Å². The van der Waals surface area contributed by atoms with Gasteiger partial charge < -0.3 is 10.6 Å². The number of hydrogen-bond acceptors (Lipinski definition) is 2. The fourth-order valence-electron chi connectivity index (χ4n) is 1.78. The molecule has 1 atom stereocenters. The van der Waals surface area contributed by atoms with Crippen molar-refractivity contribution in [2.24, 2.45) is 0 Å². The summed E-state index contributed by atoms with van der Waals surface area (Å²) in [6.07, 6.45) is -1.01. The van der Waals surface area contributed by atoms with Crippen LogP contribution in [0.4, 0.5) is 5.69 Å². The number of rotatable bonds is 4. The van der Waals surface area contributed by atoms with Crippen LogP contribution in [-0.4, -0.2) is 15.9 Å². The van der Waals surface area contributed by atoms with Gasteiger partial charge in [0, 0.05) is 14.2 Å². The first kappa shape index (κ1) is 20.2. The number of anilines is 1. The molecule has 1 amide bonds. The minimum Gasteiger partial charge on any atom is -0.361 e. The van der Waals surface area contributed by atoms with Gasteiger partial charge in [0.2, 0.25) is 3.79 Å². The van der Waals surface area contributed by atoms with Gasteiger partial charge >= 0.3 is 0 Å². The SMILES string of the molecule is O=C(N[C@@H](Nc1ccc(Cl)cc1Cl)C(Cl)(Cl)Cl)c1ccc(I)cc1. The molecule has 9 heteroatoms. The standard InChI is InChI=1S/C15H10Cl5IN2O/c16-9-3-6-12(11(17)7-9)22-14(15(18,19)20)23-13(24)8-1-4-10(21)5-2-8/h1-7,14,22H,(H,23,24)/t14-/m1/s1. The Bertz CT molecular complexity index is 734. The molecule has 0 aromatic heterocycles. The molecular weight excluding hydrogens is 528 g/mol. The van der Waals surface area contributed by atoms with Crippen LogP contribution in [0.1, 0.15) is 10.4 Å². The van der Waals surface area contributed by atoms with Gasteiger partial charge in [-0.25, -0.2) is 0 Å². The Hall–Kier alpha value is -0.110. The maximum Gasteiger partial charge on any atom is 0.252 e. The lowest BCUT2D eigenvalue weighted by Gasteiger charge is -2.28. The third kappa shape index (κ3) is 5.71. The summed E-state index contributed by atoms with van der Waals surface area (Å²) in [4.78, 5) is 12.4. The Morgan fingerprint density at radius 2 is 1.67 bits per heavy atom. The number of carbonyl (C=O) groups excluding carboxylic acids is 1. The predicted octanol–water partition coefficient (Wildman–Crippen LogP) is 6.14. The van der Waals surface area contributed by atoms with Gasteiger partial charge in [-0.3, -0.25) is 4.79 Å². The van der Waals surface area contributed by atoms with Crippen molar-refractivity contribution < 1.29 is 4.79 Å². The fourth-order valence-corrected chi connectivity index (χ4v) is 2.93. The molecule has 0 radical (unpaired) electrons. The van der Waals surface area contributed by atoms with Crippen LogP contribution in [-0.2, 0) is 0 Å². The van der Waals surface area contributed by atoms with Gasteiger partial charge in [0.15, 0.2) is 0 Å². The van der Waals surface area contributed by atoms with E-state index in [-0.39, 0.29) is 5.91 Å². The summed E-state index contributed by atoms with van der Waals surface area (Å²) in [5, 5.41) is 6.36. The maximum atomic E-state index is 12.4. The molecule has 0 heterocycles. The number of hydrogen-bond donors (Lipinski definition) is 2. The smallest absolute Gasteiger partial charge is 0.252 e. The molecule has 2 aromatic rings. The summed E-state index contributed by atoms with van der Waals surface area (Å²) in [6, 6.07) is 11.8. The van der Waals surface area contributed by atoms with Crippen LogP contribution >= 0.6 is 80.6 Å². The fraction of sp³-hybridized carbons (Fsp3) is 0.133. The van der Waals surface area contributed by atoms with Crippen molar-refractivity contribution in [2.75, 3.05) is 5.32 Å². The number of nitrogens with one attached hydrogen (secondary N) is 2. The van der Waals surface area contributed by atoms with Gasteiger partial charge in [-0.05, 0) is 65.1 Å². The third-order valence-electron chi connectivity index (χ3n) is 2.94. The van der Waals surface area contributed by atoms with Crippen LogP contribution in [0.15, 0.2) is 42.5 Å². The van der Waals surface area contributed by atoms with E-state index in [4.69, 9.17) is 58.0 Å². The van der Waals surface area contributed by atoms with E-state index in [9.17, 15) is 4.79 Å². The molecule has 0 saturated heterocycles. The van der Waals surface area contributed by atoms with Gasteiger partial charge in [-0.15, -0.1) is 0 Å². The minimum absolute atomic E-state index is 0.338. The minimum atomic E-state index is -1.80. The van der Waals surface area contributed by atoms with Crippen LogP contribution in [0.25, 0.3) is 0 Å². The molecule has 0 spiro atoms. The average molecular weight is 538 g/mol. The molecule has 24 heavy (non-hydrogen) atoms. The third-order valence-corrected chi connectivity index (χ3v) is 4.86. The molecule has 0 fully saturated rings. The summed E-state index contributed by atoms with van der Waals surface area (Å²) in [6.45, 7) is 0. The second-order valence-corrected chi connectivity index (χ2v) is 9.18. The molecule has 0 bridgehead atoms. The van der Waals surface area contributed by atoms with Crippen LogP contribution in [0.5, 0.6) is 0 Å². The van der Waals surface area contributed by atoms with E-state index in [1.54, 1.807) is 30.3 Å². The van der Waals surface area contributed by atoms with Crippen molar-refractivity contribution in [3.05, 3.63) is 61.6 Å². The Kier molecular flexibility index (Phi) is 7.17. The highest BCUT2D eigenvalue weighted by atomic mass is 127. The zero-order valence-electron chi connectivity index (χ0n) is 11.8. The molecule has 2 N–H and O–H groups in total. The van der Waals surface area contributed by atoms with Gasteiger partial charge in [0.25, 0.3) is 5.91 Å². The predicted molar refractivity (Wildman–Crippen MR) is 111 cm³/mol. The van der Waals surface area contributed by atoms with E-state index >= 15 is 0 Å². The van der Waals surface area contributed by atoms with Crippen molar-refractivity contribution >= 4 is 92.2 Å². The van der Waals surface area contributed by atoms with Gasteiger partial charge in [-0.2, -0.15) is 0 Å². The summed E-state index contributed by atoms with van der Waals surface area (Å²) in [5.74, 6) is -0.389. The van der Waals surface area contributed by atoms with Crippen molar-refractivity contribution in [3.8, 4) is 0 Å². The number of carbonyl (C=O) groups is 1. The molecule has 3 nitrogen and oxygen atoms in total. The largest absolute Gasteiger partial charge is 0.361 e. The van der Waals surface area contributed by atoms with Crippen LogP contribution < -0.4 is 10.6 Å². The molecule has 0 aliphatic carbocycles. The van der Waals surface area contributed by atoms with Crippen molar-refractivity contribution in [2.45, 2.75) is 9.96 Å². The highest BCUT2D eigenvalue weighted by Gasteiger charge is 2.34. The quantitative estimate of drug-likeness (QED) is 0.279. The second-order valence-electron chi connectivity index (χ2n) is 4.72. The maximum absolute atomic E-state index is 12.4. The lowest BCUT2D eigenvalue weighted by Crippen LogP contribution is -2.49. The monoisotopic (exact) mass is 536 g/mol. The van der Waals surface area contributed by atoms with Crippen LogP contribution in [0, 0.1) is 3.57 Å².